The molecule has 0 bridgehead atoms. The largest absolute Gasteiger partial charge is 0.102 e. The van der Waals surface area contributed by atoms with E-state index in [9.17, 15) is 0 Å². The highest BCUT2D eigenvalue weighted by molar-refractivity contribution is 5.23. The van der Waals surface area contributed by atoms with Gasteiger partial charge in [-0.2, -0.15) is 0 Å². The van der Waals surface area contributed by atoms with E-state index < -0.39 is 0 Å². The van der Waals surface area contributed by atoms with E-state index in [-0.39, 0.29) is 5.41 Å². The fraction of sp³-hybridized carbons (Fsp3) is 0.500. The van der Waals surface area contributed by atoms with E-state index in [4.69, 9.17) is 0 Å². The van der Waals surface area contributed by atoms with Crippen LogP contribution >= 0.6 is 0 Å². The maximum Gasteiger partial charge on any atom is 0.00959 e. The van der Waals surface area contributed by atoms with Gasteiger partial charge in [-0.05, 0) is 12.3 Å². The number of allylic oxidation sites excluding steroid dienone is 5. The Morgan fingerprint density at radius 2 is 2.25 bits per heavy atom. The first kappa shape index (κ1) is 9.31. The fourth-order valence-electron chi connectivity index (χ4n) is 1.73. The van der Waals surface area contributed by atoms with Crippen LogP contribution in [-0.2, 0) is 0 Å². The van der Waals surface area contributed by atoms with Crippen LogP contribution in [0.4, 0.5) is 0 Å². The van der Waals surface area contributed by atoms with Crippen molar-refractivity contribution in [2.45, 2.75) is 26.7 Å². The molecule has 0 N–H and O–H groups in total. The van der Waals surface area contributed by atoms with Crippen LogP contribution in [0.25, 0.3) is 0 Å². The Bertz CT molecular complexity index is 210. The minimum Gasteiger partial charge on any atom is -0.102 e. The second-order valence-corrected chi connectivity index (χ2v) is 3.71. The average molecular weight is 162 g/mol. The Morgan fingerprint density at radius 1 is 1.50 bits per heavy atom. The van der Waals surface area contributed by atoms with E-state index in [2.05, 4.69) is 50.8 Å². The molecule has 0 heteroatoms. The third-order valence-electron chi connectivity index (χ3n) is 2.75. The lowest BCUT2D eigenvalue weighted by Crippen LogP contribution is -2.22. The molecular formula is C12H18. The lowest BCUT2D eigenvalue weighted by Gasteiger charge is -2.32. The summed E-state index contributed by atoms with van der Waals surface area (Å²) >= 11 is 0. The van der Waals surface area contributed by atoms with E-state index in [0.717, 1.165) is 0 Å². The summed E-state index contributed by atoms with van der Waals surface area (Å²) in [4.78, 5) is 0. The monoisotopic (exact) mass is 162 g/mol. The van der Waals surface area contributed by atoms with E-state index in [0.29, 0.717) is 5.92 Å². The molecular weight excluding hydrogens is 144 g/mol. The standard InChI is InChI=1S/C12H18/c1-4-8-11-9-6-7-10-12(11,3)5-2/h5-7,9-11H,2,4,8H2,1,3H3. The van der Waals surface area contributed by atoms with Gasteiger partial charge in [-0.15, -0.1) is 6.58 Å². The molecule has 0 aromatic carbocycles. The summed E-state index contributed by atoms with van der Waals surface area (Å²) < 4.78 is 0. The zero-order chi connectivity index (χ0) is 9.03. The minimum atomic E-state index is 0.185. The molecule has 0 aromatic heterocycles. The van der Waals surface area contributed by atoms with Crippen molar-refractivity contribution < 1.29 is 0 Å². The molecule has 0 spiro atoms. The van der Waals surface area contributed by atoms with Crippen molar-refractivity contribution in [3.8, 4) is 0 Å². The average Bonchev–Trinajstić information content (AvgIpc) is 2.10. The van der Waals surface area contributed by atoms with Crippen LogP contribution in [0.2, 0.25) is 0 Å². The summed E-state index contributed by atoms with van der Waals surface area (Å²) in [7, 11) is 0. The summed E-state index contributed by atoms with van der Waals surface area (Å²) in [5.74, 6) is 0.644. The summed E-state index contributed by atoms with van der Waals surface area (Å²) in [5.41, 5.74) is 0.185. The molecule has 0 aromatic rings. The van der Waals surface area contributed by atoms with E-state index >= 15 is 0 Å². The Balaban J connectivity index is 2.76. The van der Waals surface area contributed by atoms with Gasteiger partial charge < -0.3 is 0 Å². The molecule has 1 aliphatic carbocycles. The highest BCUT2D eigenvalue weighted by Crippen LogP contribution is 2.36. The molecule has 0 saturated carbocycles. The highest BCUT2D eigenvalue weighted by Gasteiger charge is 2.26. The Morgan fingerprint density at radius 3 is 2.83 bits per heavy atom. The molecule has 2 unspecified atom stereocenters. The quantitative estimate of drug-likeness (QED) is 0.555. The third-order valence-corrected chi connectivity index (χ3v) is 2.75. The Hall–Kier alpha value is -0.780. The molecule has 0 saturated heterocycles. The van der Waals surface area contributed by atoms with Crippen molar-refractivity contribution in [3.05, 3.63) is 37.0 Å². The third kappa shape index (κ3) is 1.69. The smallest absolute Gasteiger partial charge is 0.00959 e. The Labute approximate surface area is 75.7 Å². The fourth-order valence-corrected chi connectivity index (χ4v) is 1.73. The van der Waals surface area contributed by atoms with Gasteiger partial charge in [0.05, 0.1) is 0 Å². The first-order valence-corrected chi connectivity index (χ1v) is 4.72. The molecule has 0 aliphatic heterocycles. The molecule has 1 rings (SSSR count). The molecule has 0 heterocycles. The van der Waals surface area contributed by atoms with Crippen molar-refractivity contribution in [3.63, 3.8) is 0 Å². The van der Waals surface area contributed by atoms with E-state index in [1.54, 1.807) is 0 Å². The normalized spacial score (nSPS) is 33.7. The highest BCUT2D eigenvalue weighted by atomic mass is 14.3. The van der Waals surface area contributed by atoms with Gasteiger partial charge >= 0.3 is 0 Å². The molecule has 0 amide bonds. The molecule has 2 atom stereocenters. The van der Waals surface area contributed by atoms with Crippen LogP contribution in [0, 0.1) is 11.3 Å². The SMILES string of the molecule is C=CC1(C)C=CC=CC1CCC. The second kappa shape index (κ2) is 3.75. The minimum absolute atomic E-state index is 0.185. The lowest BCUT2D eigenvalue weighted by atomic mass is 9.72. The second-order valence-electron chi connectivity index (χ2n) is 3.71. The maximum atomic E-state index is 3.90. The number of hydrogen-bond donors (Lipinski definition) is 0. The van der Waals surface area contributed by atoms with Crippen LogP contribution in [0.5, 0.6) is 0 Å². The van der Waals surface area contributed by atoms with Gasteiger partial charge in [-0.3, -0.25) is 0 Å². The van der Waals surface area contributed by atoms with Gasteiger partial charge in [-0.1, -0.05) is 50.6 Å². The predicted molar refractivity (Wildman–Crippen MR) is 55.0 cm³/mol. The first-order chi connectivity index (χ1) is 5.73. The van der Waals surface area contributed by atoms with Crippen molar-refractivity contribution in [1.29, 1.82) is 0 Å². The predicted octanol–water partition coefficient (Wildman–Crippen LogP) is 3.72. The molecule has 66 valence electrons. The zero-order valence-corrected chi connectivity index (χ0v) is 8.09. The van der Waals surface area contributed by atoms with Crippen molar-refractivity contribution in [1.82, 2.24) is 0 Å². The van der Waals surface area contributed by atoms with Gasteiger partial charge in [-0.25, -0.2) is 0 Å². The van der Waals surface area contributed by atoms with Gasteiger partial charge in [0.15, 0.2) is 0 Å². The zero-order valence-electron chi connectivity index (χ0n) is 8.09. The van der Waals surface area contributed by atoms with Crippen molar-refractivity contribution in [2.24, 2.45) is 11.3 Å². The molecule has 0 radical (unpaired) electrons. The van der Waals surface area contributed by atoms with E-state index in [1.807, 2.05) is 0 Å². The van der Waals surface area contributed by atoms with Crippen LogP contribution in [0.1, 0.15) is 26.7 Å². The molecule has 0 fully saturated rings. The summed E-state index contributed by atoms with van der Waals surface area (Å²) in [6.45, 7) is 8.39. The van der Waals surface area contributed by atoms with Gasteiger partial charge in [0.2, 0.25) is 0 Å². The summed E-state index contributed by atoms with van der Waals surface area (Å²) in [6, 6.07) is 0. The van der Waals surface area contributed by atoms with Crippen LogP contribution in [0.3, 0.4) is 0 Å². The number of hydrogen-bond acceptors (Lipinski definition) is 0. The maximum absolute atomic E-state index is 3.90. The summed E-state index contributed by atoms with van der Waals surface area (Å²) in [6.07, 6.45) is 13.4. The first-order valence-electron chi connectivity index (χ1n) is 4.72. The van der Waals surface area contributed by atoms with E-state index in [1.165, 1.54) is 12.8 Å². The van der Waals surface area contributed by atoms with Crippen LogP contribution in [0.15, 0.2) is 37.0 Å². The van der Waals surface area contributed by atoms with Crippen LogP contribution < -0.4 is 0 Å². The van der Waals surface area contributed by atoms with Gasteiger partial charge in [0, 0.05) is 5.41 Å². The molecule has 12 heavy (non-hydrogen) atoms. The molecule has 0 nitrogen and oxygen atoms in total. The van der Waals surface area contributed by atoms with Crippen molar-refractivity contribution >= 4 is 0 Å². The lowest BCUT2D eigenvalue weighted by molar-refractivity contribution is 0.364. The van der Waals surface area contributed by atoms with Gasteiger partial charge in [0.25, 0.3) is 0 Å². The topological polar surface area (TPSA) is 0 Å². The summed E-state index contributed by atoms with van der Waals surface area (Å²) in [5, 5.41) is 0. The number of rotatable bonds is 3. The van der Waals surface area contributed by atoms with Crippen LogP contribution in [-0.4, -0.2) is 0 Å². The molecule has 1 aliphatic rings. The van der Waals surface area contributed by atoms with Crippen molar-refractivity contribution in [2.75, 3.05) is 0 Å². The van der Waals surface area contributed by atoms with Gasteiger partial charge in [0.1, 0.15) is 0 Å². The Kier molecular flexibility index (Phi) is 2.91.